The quantitative estimate of drug-likeness (QED) is 0.501. The molecule has 0 unspecified atom stereocenters. The minimum atomic E-state index is 0.0249. The molecule has 0 aromatic carbocycles. The van der Waals surface area contributed by atoms with Gasteiger partial charge < -0.3 is 20.3 Å². The number of hydrogen-bond acceptors (Lipinski definition) is 4. The van der Waals surface area contributed by atoms with Crippen molar-refractivity contribution in [3.63, 3.8) is 0 Å². The van der Waals surface area contributed by atoms with Gasteiger partial charge in [0.25, 0.3) is 0 Å². The van der Waals surface area contributed by atoms with E-state index in [4.69, 9.17) is 4.74 Å². The molecular formula is C10H23N3O2. The van der Waals surface area contributed by atoms with Crippen molar-refractivity contribution in [3.05, 3.63) is 0 Å². The molecule has 90 valence electrons. The Balaban J connectivity index is 3.17. The molecule has 0 saturated heterocycles. The number of carbonyl (C=O) groups excluding carboxylic acids is 1. The molecule has 0 aromatic heterocycles. The summed E-state index contributed by atoms with van der Waals surface area (Å²) < 4.78 is 4.82. The van der Waals surface area contributed by atoms with Gasteiger partial charge in [-0.1, -0.05) is 0 Å². The van der Waals surface area contributed by atoms with Crippen molar-refractivity contribution in [1.29, 1.82) is 0 Å². The van der Waals surface area contributed by atoms with Crippen LogP contribution in [-0.2, 0) is 9.53 Å². The SMILES string of the molecule is COCCNC(=O)CNCCCN(C)C. The fraction of sp³-hybridized carbons (Fsp3) is 0.900. The monoisotopic (exact) mass is 217 g/mol. The molecule has 0 rings (SSSR count). The maximum Gasteiger partial charge on any atom is 0.234 e. The highest BCUT2D eigenvalue weighted by Gasteiger charge is 1.98. The minimum absolute atomic E-state index is 0.0249. The second-order valence-electron chi connectivity index (χ2n) is 3.68. The van der Waals surface area contributed by atoms with Gasteiger partial charge >= 0.3 is 0 Å². The third-order valence-corrected chi connectivity index (χ3v) is 1.87. The maximum atomic E-state index is 11.2. The van der Waals surface area contributed by atoms with Gasteiger partial charge in [-0.05, 0) is 33.6 Å². The van der Waals surface area contributed by atoms with Gasteiger partial charge in [0, 0.05) is 13.7 Å². The van der Waals surface area contributed by atoms with E-state index >= 15 is 0 Å². The third-order valence-electron chi connectivity index (χ3n) is 1.87. The van der Waals surface area contributed by atoms with Crippen molar-refractivity contribution in [2.24, 2.45) is 0 Å². The van der Waals surface area contributed by atoms with E-state index < -0.39 is 0 Å². The minimum Gasteiger partial charge on any atom is -0.383 e. The molecule has 5 heteroatoms. The lowest BCUT2D eigenvalue weighted by molar-refractivity contribution is -0.120. The number of nitrogens with one attached hydrogen (secondary N) is 2. The second-order valence-corrected chi connectivity index (χ2v) is 3.68. The van der Waals surface area contributed by atoms with Crippen molar-refractivity contribution in [1.82, 2.24) is 15.5 Å². The van der Waals surface area contributed by atoms with Crippen LogP contribution in [0.5, 0.6) is 0 Å². The summed E-state index contributed by atoms with van der Waals surface area (Å²) >= 11 is 0. The van der Waals surface area contributed by atoms with Gasteiger partial charge in [0.05, 0.1) is 13.2 Å². The molecule has 0 aliphatic carbocycles. The second kappa shape index (κ2) is 9.89. The van der Waals surface area contributed by atoms with E-state index in [9.17, 15) is 4.79 Å². The molecule has 0 fully saturated rings. The zero-order valence-corrected chi connectivity index (χ0v) is 10.0. The van der Waals surface area contributed by atoms with Gasteiger partial charge in [0.1, 0.15) is 0 Å². The molecule has 0 radical (unpaired) electrons. The zero-order chi connectivity index (χ0) is 11.5. The van der Waals surface area contributed by atoms with E-state index in [0.717, 1.165) is 19.5 Å². The molecular weight excluding hydrogens is 194 g/mol. The van der Waals surface area contributed by atoms with Crippen LogP contribution in [0.2, 0.25) is 0 Å². The Labute approximate surface area is 92.2 Å². The first kappa shape index (κ1) is 14.3. The van der Waals surface area contributed by atoms with Gasteiger partial charge in [0.2, 0.25) is 5.91 Å². The summed E-state index contributed by atoms with van der Waals surface area (Å²) in [6.07, 6.45) is 1.05. The van der Waals surface area contributed by atoms with Crippen molar-refractivity contribution in [3.8, 4) is 0 Å². The number of methoxy groups -OCH3 is 1. The molecule has 0 aliphatic heterocycles. The van der Waals surface area contributed by atoms with Crippen LogP contribution in [-0.4, -0.2) is 64.8 Å². The van der Waals surface area contributed by atoms with E-state index in [0.29, 0.717) is 19.7 Å². The molecule has 0 heterocycles. The summed E-state index contributed by atoms with van der Waals surface area (Å²) in [6, 6.07) is 0. The summed E-state index contributed by atoms with van der Waals surface area (Å²) in [7, 11) is 5.70. The van der Waals surface area contributed by atoms with E-state index in [2.05, 4.69) is 15.5 Å². The van der Waals surface area contributed by atoms with E-state index in [1.54, 1.807) is 7.11 Å². The molecule has 0 aromatic rings. The van der Waals surface area contributed by atoms with E-state index in [1.807, 2.05) is 14.1 Å². The molecule has 2 N–H and O–H groups in total. The number of ether oxygens (including phenoxy) is 1. The number of nitrogens with zero attached hydrogens (tertiary/aromatic N) is 1. The van der Waals surface area contributed by atoms with Gasteiger partial charge in [-0.3, -0.25) is 4.79 Å². The fourth-order valence-corrected chi connectivity index (χ4v) is 1.08. The third kappa shape index (κ3) is 11.3. The number of hydrogen-bond donors (Lipinski definition) is 2. The average Bonchev–Trinajstić information content (AvgIpc) is 2.17. The highest BCUT2D eigenvalue weighted by molar-refractivity contribution is 5.77. The molecule has 0 bridgehead atoms. The predicted octanol–water partition coefficient (Wildman–Crippen LogP) is -0.710. The summed E-state index contributed by atoms with van der Waals surface area (Å²) in [4.78, 5) is 13.3. The van der Waals surface area contributed by atoms with Crippen LogP contribution < -0.4 is 10.6 Å². The lowest BCUT2D eigenvalue weighted by Gasteiger charge is -2.09. The standard InChI is InChI=1S/C10H23N3O2/c1-13(2)7-4-5-11-9-10(14)12-6-8-15-3/h11H,4-9H2,1-3H3,(H,12,14). The largest absolute Gasteiger partial charge is 0.383 e. The maximum absolute atomic E-state index is 11.2. The first-order valence-corrected chi connectivity index (χ1v) is 5.28. The van der Waals surface area contributed by atoms with Crippen molar-refractivity contribution in [2.75, 3.05) is 54.0 Å². The van der Waals surface area contributed by atoms with Crippen LogP contribution in [0, 0.1) is 0 Å². The van der Waals surface area contributed by atoms with Crippen LogP contribution in [0.25, 0.3) is 0 Å². The summed E-state index contributed by atoms with van der Waals surface area (Å²) in [5, 5.41) is 5.83. The molecule has 15 heavy (non-hydrogen) atoms. The normalized spacial score (nSPS) is 10.7. The number of amides is 1. The smallest absolute Gasteiger partial charge is 0.234 e. The Hall–Kier alpha value is -0.650. The summed E-state index contributed by atoms with van der Waals surface area (Å²) in [6.45, 7) is 3.44. The molecule has 0 atom stereocenters. The number of rotatable bonds is 9. The van der Waals surface area contributed by atoms with Crippen LogP contribution in [0.1, 0.15) is 6.42 Å². The topological polar surface area (TPSA) is 53.6 Å². The van der Waals surface area contributed by atoms with Gasteiger partial charge in [0.15, 0.2) is 0 Å². The Bertz CT molecular complexity index is 163. The van der Waals surface area contributed by atoms with E-state index in [-0.39, 0.29) is 5.91 Å². The van der Waals surface area contributed by atoms with E-state index in [1.165, 1.54) is 0 Å². The Morgan fingerprint density at radius 3 is 2.67 bits per heavy atom. The highest BCUT2D eigenvalue weighted by Crippen LogP contribution is 1.80. The molecule has 0 aliphatic rings. The van der Waals surface area contributed by atoms with Crippen LogP contribution in [0.4, 0.5) is 0 Å². The van der Waals surface area contributed by atoms with Gasteiger partial charge in [-0.2, -0.15) is 0 Å². The van der Waals surface area contributed by atoms with Crippen molar-refractivity contribution >= 4 is 5.91 Å². The fourth-order valence-electron chi connectivity index (χ4n) is 1.08. The molecule has 1 amide bonds. The van der Waals surface area contributed by atoms with Crippen LogP contribution in [0.15, 0.2) is 0 Å². The van der Waals surface area contributed by atoms with Crippen LogP contribution in [0.3, 0.4) is 0 Å². The Kier molecular flexibility index (Phi) is 9.46. The molecule has 0 saturated carbocycles. The highest BCUT2D eigenvalue weighted by atomic mass is 16.5. The zero-order valence-electron chi connectivity index (χ0n) is 10.0. The molecule has 0 spiro atoms. The molecule has 5 nitrogen and oxygen atoms in total. The Morgan fingerprint density at radius 1 is 1.33 bits per heavy atom. The van der Waals surface area contributed by atoms with Crippen molar-refractivity contribution in [2.45, 2.75) is 6.42 Å². The summed E-state index contributed by atoms with van der Waals surface area (Å²) in [5.41, 5.74) is 0. The lowest BCUT2D eigenvalue weighted by atomic mass is 10.4. The van der Waals surface area contributed by atoms with Crippen LogP contribution >= 0.6 is 0 Å². The Morgan fingerprint density at radius 2 is 2.07 bits per heavy atom. The number of carbonyl (C=O) groups is 1. The predicted molar refractivity (Wildman–Crippen MR) is 60.9 cm³/mol. The van der Waals surface area contributed by atoms with Crippen molar-refractivity contribution < 1.29 is 9.53 Å². The lowest BCUT2D eigenvalue weighted by Crippen LogP contribution is -2.36. The first-order valence-electron chi connectivity index (χ1n) is 5.28. The van der Waals surface area contributed by atoms with Gasteiger partial charge in [-0.25, -0.2) is 0 Å². The van der Waals surface area contributed by atoms with Gasteiger partial charge in [-0.15, -0.1) is 0 Å². The first-order chi connectivity index (χ1) is 7.16. The average molecular weight is 217 g/mol. The summed E-state index contributed by atoms with van der Waals surface area (Å²) in [5.74, 6) is 0.0249.